The number of ether oxygens (including phenoxy) is 2. The summed E-state index contributed by atoms with van der Waals surface area (Å²) in [5.41, 5.74) is 5.12. The SMILES string of the molecule is CC(C)(C)c1cc(Oc2nnc(Oc3cc(C(C)(C)C)cc(C(C)(C)C)c3)n2-c2ccc(O)cc2)cc(C(C)(C)C)c1. The minimum absolute atomic E-state index is 0.0683. The molecule has 0 aliphatic rings. The first-order chi connectivity index (χ1) is 19.2. The van der Waals surface area contributed by atoms with Crippen LogP contribution in [0.3, 0.4) is 0 Å². The first-order valence-electron chi connectivity index (χ1n) is 14.6. The van der Waals surface area contributed by atoms with Crippen LogP contribution in [0.4, 0.5) is 0 Å². The van der Waals surface area contributed by atoms with E-state index >= 15 is 0 Å². The number of hydrogen-bond donors (Lipinski definition) is 1. The number of aromatic nitrogens is 3. The molecule has 0 fully saturated rings. The van der Waals surface area contributed by atoms with Gasteiger partial charge in [0.15, 0.2) is 0 Å². The number of nitrogens with zero attached hydrogens (tertiary/aromatic N) is 3. The van der Waals surface area contributed by atoms with Crippen LogP contribution in [-0.2, 0) is 21.7 Å². The maximum absolute atomic E-state index is 9.99. The van der Waals surface area contributed by atoms with Crippen LogP contribution in [0.2, 0.25) is 0 Å². The number of phenols is 1. The van der Waals surface area contributed by atoms with Gasteiger partial charge >= 0.3 is 12.0 Å². The van der Waals surface area contributed by atoms with E-state index in [-0.39, 0.29) is 39.4 Å². The Balaban J connectivity index is 1.85. The molecule has 42 heavy (non-hydrogen) atoms. The molecule has 6 heteroatoms. The van der Waals surface area contributed by atoms with Crippen LogP contribution in [0.25, 0.3) is 5.69 Å². The second kappa shape index (κ2) is 10.8. The Morgan fingerprint density at radius 1 is 0.500 bits per heavy atom. The highest BCUT2D eigenvalue weighted by Crippen LogP contribution is 2.38. The Hall–Kier alpha value is -3.80. The van der Waals surface area contributed by atoms with Crippen LogP contribution < -0.4 is 9.47 Å². The molecule has 224 valence electrons. The van der Waals surface area contributed by atoms with Crippen LogP contribution in [0.15, 0.2) is 60.7 Å². The van der Waals surface area contributed by atoms with E-state index in [2.05, 4.69) is 130 Å². The molecule has 4 rings (SSSR count). The van der Waals surface area contributed by atoms with Crippen LogP contribution in [0.1, 0.15) is 105 Å². The molecule has 0 aliphatic carbocycles. The lowest BCUT2D eigenvalue weighted by molar-refractivity contribution is 0.402. The molecule has 1 aromatic heterocycles. The van der Waals surface area contributed by atoms with Crippen molar-refractivity contribution in [2.75, 3.05) is 0 Å². The Labute approximate surface area is 251 Å². The third-order valence-corrected chi connectivity index (χ3v) is 7.41. The van der Waals surface area contributed by atoms with Gasteiger partial charge in [-0.15, -0.1) is 0 Å². The highest BCUT2D eigenvalue weighted by atomic mass is 16.5. The fraction of sp³-hybridized carbons (Fsp3) is 0.444. The molecule has 0 saturated heterocycles. The summed E-state index contributed by atoms with van der Waals surface area (Å²) in [5.74, 6) is 1.52. The lowest BCUT2D eigenvalue weighted by atomic mass is 9.80. The molecule has 0 saturated carbocycles. The third kappa shape index (κ3) is 7.15. The van der Waals surface area contributed by atoms with Crippen LogP contribution >= 0.6 is 0 Å². The van der Waals surface area contributed by atoms with E-state index in [1.165, 1.54) is 22.3 Å². The number of benzene rings is 3. The van der Waals surface area contributed by atoms with E-state index in [9.17, 15) is 5.11 Å². The topological polar surface area (TPSA) is 69.4 Å². The average molecular weight is 570 g/mol. The van der Waals surface area contributed by atoms with Crippen LogP contribution in [0.5, 0.6) is 29.3 Å². The van der Waals surface area contributed by atoms with E-state index < -0.39 is 0 Å². The summed E-state index contributed by atoms with van der Waals surface area (Å²) >= 11 is 0. The molecule has 0 radical (unpaired) electrons. The van der Waals surface area contributed by atoms with Gasteiger partial charge in [-0.05, 0) is 92.4 Å². The molecule has 0 bridgehead atoms. The van der Waals surface area contributed by atoms with Gasteiger partial charge in [0.25, 0.3) is 0 Å². The Morgan fingerprint density at radius 3 is 1.10 bits per heavy atom. The quantitative estimate of drug-likeness (QED) is 0.259. The van der Waals surface area contributed by atoms with Gasteiger partial charge in [0, 0.05) is 0 Å². The summed E-state index contributed by atoms with van der Waals surface area (Å²) < 4.78 is 14.7. The molecule has 4 aromatic rings. The lowest BCUT2D eigenvalue weighted by Crippen LogP contribution is -2.16. The van der Waals surface area contributed by atoms with Gasteiger partial charge in [0.05, 0.1) is 5.69 Å². The van der Waals surface area contributed by atoms with Crippen molar-refractivity contribution in [3.63, 3.8) is 0 Å². The van der Waals surface area contributed by atoms with Crippen molar-refractivity contribution in [3.8, 4) is 35.0 Å². The standard InChI is InChI=1S/C36H47N3O3/c1-33(2,3)23-17-24(34(4,5)6)20-29(19-23)41-31-37-38-32(39(31)27-13-15-28(40)16-14-27)42-30-21-25(35(7,8)9)18-26(22-30)36(10,11)12/h13-22,40H,1-12H3. The Bertz CT molecular complexity index is 1400. The first-order valence-corrected chi connectivity index (χ1v) is 14.6. The number of rotatable bonds is 5. The van der Waals surface area contributed by atoms with Crippen molar-refractivity contribution >= 4 is 0 Å². The van der Waals surface area contributed by atoms with Crippen molar-refractivity contribution in [2.45, 2.75) is 105 Å². The summed E-state index contributed by atoms with van der Waals surface area (Å²) in [5, 5.41) is 18.9. The molecule has 0 aliphatic heterocycles. The monoisotopic (exact) mass is 569 g/mol. The van der Waals surface area contributed by atoms with Crippen molar-refractivity contribution in [3.05, 3.63) is 82.9 Å². The average Bonchev–Trinajstić information content (AvgIpc) is 3.23. The van der Waals surface area contributed by atoms with Crippen molar-refractivity contribution in [1.29, 1.82) is 0 Å². The Morgan fingerprint density at radius 2 is 0.810 bits per heavy atom. The summed E-state index contributed by atoms with van der Waals surface area (Å²) in [6.07, 6.45) is 0. The highest BCUT2D eigenvalue weighted by molar-refractivity contribution is 5.46. The zero-order valence-corrected chi connectivity index (χ0v) is 27.4. The summed E-state index contributed by atoms with van der Waals surface area (Å²) in [7, 11) is 0. The second-order valence-corrected chi connectivity index (χ2v) is 15.3. The zero-order valence-electron chi connectivity index (χ0n) is 27.4. The fourth-order valence-electron chi connectivity index (χ4n) is 4.47. The van der Waals surface area contributed by atoms with Crippen molar-refractivity contribution in [2.24, 2.45) is 0 Å². The predicted octanol–water partition coefficient (Wildman–Crippen LogP) is 9.75. The molecule has 0 unspecified atom stereocenters. The Kier molecular flexibility index (Phi) is 8.00. The van der Waals surface area contributed by atoms with Crippen molar-refractivity contribution in [1.82, 2.24) is 14.8 Å². The molecule has 6 nitrogen and oxygen atoms in total. The summed E-state index contributed by atoms with van der Waals surface area (Å²) in [6.45, 7) is 26.3. The van der Waals surface area contributed by atoms with Crippen LogP contribution in [0, 0.1) is 0 Å². The van der Waals surface area contributed by atoms with Crippen LogP contribution in [-0.4, -0.2) is 19.9 Å². The maximum Gasteiger partial charge on any atom is 0.330 e. The zero-order chi connectivity index (χ0) is 31.3. The molecular formula is C36H47N3O3. The molecule has 1 heterocycles. The van der Waals surface area contributed by atoms with E-state index in [0.29, 0.717) is 17.2 Å². The van der Waals surface area contributed by atoms with Gasteiger partial charge in [0.2, 0.25) is 0 Å². The minimum atomic E-state index is -0.0683. The smallest absolute Gasteiger partial charge is 0.330 e. The van der Waals surface area contributed by atoms with Gasteiger partial charge in [-0.2, -0.15) is 0 Å². The number of hydrogen-bond acceptors (Lipinski definition) is 5. The van der Waals surface area contributed by atoms with Crippen molar-refractivity contribution < 1.29 is 14.6 Å². The normalized spacial score (nSPS) is 12.9. The molecule has 3 aromatic carbocycles. The number of aromatic hydroxyl groups is 1. The minimum Gasteiger partial charge on any atom is -0.508 e. The largest absolute Gasteiger partial charge is 0.508 e. The van der Waals surface area contributed by atoms with Gasteiger partial charge in [-0.3, -0.25) is 0 Å². The van der Waals surface area contributed by atoms with E-state index in [0.717, 1.165) is 0 Å². The van der Waals surface area contributed by atoms with Gasteiger partial charge in [-0.25, -0.2) is 4.57 Å². The fourth-order valence-corrected chi connectivity index (χ4v) is 4.47. The molecule has 0 amide bonds. The van der Waals surface area contributed by atoms with E-state index in [1.54, 1.807) is 28.8 Å². The van der Waals surface area contributed by atoms with E-state index in [4.69, 9.17) is 9.47 Å². The summed E-state index contributed by atoms with van der Waals surface area (Å²) in [4.78, 5) is 0. The van der Waals surface area contributed by atoms with Gasteiger partial charge in [-0.1, -0.05) is 105 Å². The second-order valence-electron chi connectivity index (χ2n) is 15.3. The summed E-state index contributed by atoms with van der Waals surface area (Å²) in [6, 6.07) is 20.1. The number of phenolic OH excluding ortho intramolecular Hbond substituents is 1. The van der Waals surface area contributed by atoms with E-state index in [1.807, 2.05) is 0 Å². The lowest BCUT2D eigenvalue weighted by Gasteiger charge is -2.26. The molecule has 0 atom stereocenters. The molecule has 1 N–H and O–H groups in total. The molecular weight excluding hydrogens is 522 g/mol. The predicted molar refractivity (Wildman–Crippen MR) is 171 cm³/mol. The third-order valence-electron chi connectivity index (χ3n) is 7.41. The first kappa shape index (κ1) is 31.1. The van der Waals surface area contributed by atoms with Gasteiger partial charge < -0.3 is 14.6 Å². The highest BCUT2D eigenvalue weighted by Gasteiger charge is 2.25. The molecule has 0 spiro atoms. The van der Waals surface area contributed by atoms with Gasteiger partial charge in [0.1, 0.15) is 17.2 Å². The maximum atomic E-state index is 9.99.